The Hall–Kier alpha value is -5.48. The molecule has 0 N–H and O–H groups in total. The van der Waals surface area contributed by atoms with Crippen LogP contribution in [0.15, 0.2) is 90.7 Å². The van der Waals surface area contributed by atoms with Crippen LogP contribution in [0, 0.1) is 42.9 Å². The molecule has 0 heterocycles. The zero-order valence-electron chi connectivity index (χ0n) is 18.5. The summed E-state index contributed by atoms with van der Waals surface area (Å²) in [4.78, 5) is 20.9. The molecular formula is C26H16N4O6. The van der Waals surface area contributed by atoms with Crippen molar-refractivity contribution in [3.8, 4) is 23.6 Å². The minimum Gasteiger partial charge on any atom is -0.477 e. The van der Waals surface area contributed by atoms with Gasteiger partial charge in [-0.25, -0.2) is 0 Å². The van der Waals surface area contributed by atoms with Gasteiger partial charge in [-0.15, -0.1) is 0 Å². The highest BCUT2D eigenvalue weighted by Crippen LogP contribution is 2.39. The number of non-ortho nitro benzene ring substituents is 2. The molecule has 0 bridgehead atoms. The van der Waals surface area contributed by atoms with Gasteiger partial charge in [-0.1, -0.05) is 30.3 Å². The number of hydrogen-bond donors (Lipinski definition) is 0. The van der Waals surface area contributed by atoms with Crippen LogP contribution >= 0.6 is 0 Å². The zero-order chi connectivity index (χ0) is 25.7. The van der Waals surface area contributed by atoms with E-state index in [0.717, 1.165) is 17.7 Å². The number of nitriles is 2. The van der Waals surface area contributed by atoms with Gasteiger partial charge in [0, 0.05) is 30.7 Å². The third kappa shape index (κ3) is 4.74. The van der Waals surface area contributed by atoms with Gasteiger partial charge in [0.2, 0.25) is 0 Å². The fraction of sp³-hybridized carbons (Fsp3) is 0.0769. The molecule has 0 fully saturated rings. The van der Waals surface area contributed by atoms with Crippen molar-refractivity contribution in [1.29, 1.82) is 10.5 Å². The second-order valence-electron chi connectivity index (χ2n) is 7.70. The van der Waals surface area contributed by atoms with Crippen molar-refractivity contribution in [1.82, 2.24) is 0 Å². The Labute approximate surface area is 204 Å². The molecule has 0 saturated heterocycles. The summed E-state index contributed by atoms with van der Waals surface area (Å²) in [6, 6.07) is 20.6. The molecule has 1 atom stereocenters. The smallest absolute Gasteiger partial charge is 0.271 e. The predicted molar refractivity (Wildman–Crippen MR) is 127 cm³/mol. The first-order valence-corrected chi connectivity index (χ1v) is 10.5. The molecule has 4 rings (SSSR count). The summed E-state index contributed by atoms with van der Waals surface area (Å²) in [5.74, 6) is 0.727. The quantitative estimate of drug-likeness (QED) is 0.320. The molecule has 0 radical (unpaired) electrons. The molecule has 3 aromatic rings. The van der Waals surface area contributed by atoms with Gasteiger partial charge in [-0.05, 0) is 35.9 Å². The van der Waals surface area contributed by atoms with Crippen LogP contribution in [0.2, 0.25) is 0 Å². The van der Waals surface area contributed by atoms with Crippen LogP contribution in [0.3, 0.4) is 0 Å². The van der Waals surface area contributed by atoms with E-state index >= 15 is 0 Å². The predicted octanol–water partition coefficient (Wildman–Crippen LogP) is 5.44. The highest BCUT2D eigenvalue weighted by molar-refractivity contribution is 5.53. The van der Waals surface area contributed by atoms with Crippen LogP contribution in [0.5, 0.6) is 11.5 Å². The van der Waals surface area contributed by atoms with Crippen molar-refractivity contribution in [2.75, 3.05) is 0 Å². The molecule has 1 aliphatic rings. The Morgan fingerprint density at radius 3 is 1.94 bits per heavy atom. The summed E-state index contributed by atoms with van der Waals surface area (Å²) in [6.45, 7) is 0. The molecule has 176 valence electrons. The molecule has 0 amide bonds. The maximum Gasteiger partial charge on any atom is 0.271 e. The van der Waals surface area contributed by atoms with E-state index in [1.54, 1.807) is 18.2 Å². The maximum absolute atomic E-state index is 11.1. The SMILES string of the molecule is N#Cc1cc([N+](=O)[O-])ccc1OC1=CCC(Oc2ccc([N+](=O)[O-])cc2C#N)(c2ccccc2)C=C1. The molecule has 10 heteroatoms. The summed E-state index contributed by atoms with van der Waals surface area (Å²) in [5, 5.41) is 41.0. The van der Waals surface area contributed by atoms with Gasteiger partial charge >= 0.3 is 0 Å². The molecule has 0 saturated carbocycles. The van der Waals surface area contributed by atoms with E-state index in [4.69, 9.17) is 9.47 Å². The largest absolute Gasteiger partial charge is 0.477 e. The lowest BCUT2D eigenvalue weighted by Gasteiger charge is -2.34. The summed E-state index contributed by atoms with van der Waals surface area (Å²) in [5.41, 5.74) is -0.697. The first kappa shape index (κ1) is 23.7. The minimum atomic E-state index is -1.05. The summed E-state index contributed by atoms with van der Waals surface area (Å²) >= 11 is 0. The summed E-state index contributed by atoms with van der Waals surface area (Å²) in [6.07, 6.45) is 5.36. The number of nitro benzene ring substituents is 2. The van der Waals surface area contributed by atoms with E-state index in [9.17, 15) is 30.8 Å². The second kappa shape index (κ2) is 9.79. The normalized spacial score (nSPS) is 16.2. The number of nitrogens with zero attached hydrogens (tertiary/aromatic N) is 4. The van der Waals surface area contributed by atoms with E-state index in [1.807, 2.05) is 42.5 Å². The molecule has 0 spiro atoms. The van der Waals surface area contributed by atoms with Gasteiger partial charge in [-0.2, -0.15) is 10.5 Å². The van der Waals surface area contributed by atoms with Crippen LogP contribution in [-0.4, -0.2) is 9.85 Å². The Morgan fingerprint density at radius 1 is 0.833 bits per heavy atom. The molecule has 1 unspecified atom stereocenters. The van der Waals surface area contributed by atoms with E-state index in [0.29, 0.717) is 5.76 Å². The molecule has 36 heavy (non-hydrogen) atoms. The van der Waals surface area contributed by atoms with Crippen LogP contribution in [0.1, 0.15) is 23.1 Å². The van der Waals surface area contributed by atoms with Gasteiger partial charge in [0.05, 0.1) is 9.85 Å². The lowest BCUT2D eigenvalue weighted by atomic mass is 9.86. The van der Waals surface area contributed by atoms with Gasteiger partial charge < -0.3 is 9.47 Å². The molecular weight excluding hydrogens is 464 g/mol. The van der Waals surface area contributed by atoms with Crippen molar-refractivity contribution >= 4 is 11.4 Å². The van der Waals surface area contributed by atoms with E-state index in [1.165, 1.54) is 24.3 Å². The first-order valence-electron chi connectivity index (χ1n) is 10.5. The standard InChI is InChI=1S/C26H16N4O6/c27-16-18-14-21(29(31)32)6-8-24(18)35-23-10-12-26(13-11-23,20-4-2-1-3-5-20)36-25-9-7-22(30(33)34)15-19(25)17-28/h1-12,14-15H,13H2. The molecule has 1 aliphatic carbocycles. The number of allylic oxidation sites excluding steroid dienone is 1. The third-order valence-electron chi connectivity index (χ3n) is 5.49. The average molecular weight is 480 g/mol. The van der Waals surface area contributed by atoms with Crippen molar-refractivity contribution < 1.29 is 19.3 Å². The Balaban J connectivity index is 1.66. The Bertz CT molecular complexity index is 1500. The van der Waals surface area contributed by atoms with Crippen LogP contribution in [-0.2, 0) is 5.60 Å². The monoisotopic (exact) mass is 480 g/mol. The van der Waals surface area contributed by atoms with Crippen LogP contribution < -0.4 is 9.47 Å². The van der Waals surface area contributed by atoms with Crippen LogP contribution in [0.25, 0.3) is 0 Å². The third-order valence-corrected chi connectivity index (χ3v) is 5.49. The van der Waals surface area contributed by atoms with Crippen molar-refractivity contribution in [2.24, 2.45) is 0 Å². The minimum absolute atomic E-state index is 0.0131. The zero-order valence-corrected chi connectivity index (χ0v) is 18.5. The van der Waals surface area contributed by atoms with Crippen molar-refractivity contribution in [3.63, 3.8) is 0 Å². The fourth-order valence-corrected chi connectivity index (χ4v) is 3.69. The maximum atomic E-state index is 11.1. The summed E-state index contributed by atoms with van der Waals surface area (Å²) < 4.78 is 12.1. The molecule has 0 aliphatic heterocycles. The Kier molecular flexibility index (Phi) is 6.44. The highest BCUT2D eigenvalue weighted by Gasteiger charge is 2.34. The van der Waals surface area contributed by atoms with Gasteiger partial charge in [0.25, 0.3) is 11.4 Å². The van der Waals surface area contributed by atoms with Gasteiger partial charge in [0.1, 0.15) is 40.5 Å². The van der Waals surface area contributed by atoms with E-state index in [2.05, 4.69) is 0 Å². The average Bonchev–Trinajstić information content (AvgIpc) is 2.90. The van der Waals surface area contributed by atoms with E-state index in [-0.39, 0.29) is 40.4 Å². The topological polar surface area (TPSA) is 152 Å². The Morgan fingerprint density at radius 2 is 1.42 bits per heavy atom. The summed E-state index contributed by atoms with van der Waals surface area (Å²) in [7, 11) is 0. The number of ether oxygens (including phenoxy) is 2. The second-order valence-corrected chi connectivity index (χ2v) is 7.70. The van der Waals surface area contributed by atoms with Crippen molar-refractivity contribution in [2.45, 2.75) is 12.0 Å². The van der Waals surface area contributed by atoms with Crippen molar-refractivity contribution in [3.05, 3.63) is 128 Å². The lowest BCUT2D eigenvalue weighted by molar-refractivity contribution is -0.385. The van der Waals surface area contributed by atoms with E-state index < -0.39 is 15.4 Å². The molecule has 0 aromatic heterocycles. The number of benzene rings is 3. The van der Waals surface area contributed by atoms with Gasteiger partial charge in [-0.3, -0.25) is 20.2 Å². The fourth-order valence-electron chi connectivity index (χ4n) is 3.69. The lowest BCUT2D eigenvalue weighted by Crippen LogP contribution is -2.32. The molecule has 3 aromatic carbocycles. The molecule has 10 nitrogen and oxygen atoms in total. The van der Waals surface area contributed by atoms with Gasteiger partial charge in [0.15, 0.2) is 5.60 Å². The number of nitro groups is 2. The number of rotatable bonds is 7. The number of hydrogen-bond acceptors (Lipinski definition) is 8. The van der Waals surface area contributed by atoms with Crippen LogP contribution in [0.4, 0.5) is 11.4 Å². The first-order chi connectivity index (χ1) is 17.3. The highest BCUT2D eigenvalue weighted by atomic mass is 16.6.